The van der Waals surface area contributed by atoms with E-state index in [9.17, 15) is 18.3 Å². The topological polar surface area (TPSA) is 47.3 Å². The molecular formula is C29H33F3N2O2. The smallest absolute Gasteiger partial charge is 0.421 e. The van der Waals surface area contributed by atoms with Crippen LogP contribution in [0.3, 0.4) is 0 Å². The van der Waals surface area contributed by atoms with Crippen LogP contribution in [0.1, 0.15) is 46.6 Å². The molecule has 36 heavy (non-hydrogen) atoms. The third kappa shape index (κ3) is 5.07. The van der Waals surface area contributed by atoms with Crippen LogP contribution < -0.4 is 0 Å². The number of benzene rings is 1. The van der Waals surface area contributed by atoms with E-state index in [1.54, 1.807) is 6.08 Å². The van der Waals surface area contributed by atoms with E-state index in [4.69, 9.17) is 4.74 Å². The summed E-state index contributed by atoms with van der Waals surface area (Å²) >= 11 is 0. The van der Waals surface area contributed by atoms with Crippen molar-refractivity contribution >= 4 is 17.1 Å². The zero-order chi connectivity index (χ0) is 26.3. The molecular weight excluding hydrogens is 465 g/mol. The molecule has 1 aromatic heterocycles. The maximum absolute atomic E-state index is 13.2. The van der Waals surface area contributed by atoms with Gasteiger partial charge in [0.2, 0.25) is 0 Å². The number of nitrogens with zero attached hydrogens (tertiary/aromatic N) is 2. The van der Waals surface area contributed by atoms with Gasteiger partial charge in [0.05, 0.1) is 29.0 Å². The Morgan fingerprint density at radius 3 is 2.61 bits per heavy atom. The summed E-state index contributed by atoms with van der Waals surface area (Å²) in [6.07, 6.45) is 12.8. The standard InChI is InChI=1S/C29H33F3N2O2/c1-19(2)36-24-12-14-27(4,15-13-24)34-18-33-25-17-21(7-11-26(25)34)6-8-22-9-10-23(16-20(22)3)28(5,35)29(30,31)32/h6-14,16-20,22,35H,15H2,1-5H3/b8-6-. The predicted octanol–water partition coefficient (Wildman–Crippen LogP) is 7.10. The Bertz CT molecular complexity index is 1280. The summed E-state index contributed by atoms with van der Waals surface area (Å²) < 4.78 is 47.5. The Morgan fingerprint density at radius 2 is 2.00 bits per heavy atom. The second kappa shape index (κ2) is 9.43. The molecule has 4 atom stereocenters. The van der Waals surface area contributed by atoms with Crippen molar-refractivity contribution in [3.05, 3.63) is 84.0 Å². The minimum atomic E-state index is -4.73. The highest BCUT2D eigenvalue weighted by Gasteiger charge is 2.52. The zero-order valence-electron chi connectivity index (χ0n) is 21.3. The first kappa shape index (κ1) is 26.0. The average molecular weight is 499 g/mol. The highest BCUT2D eigenvalue weighted by Crippen LogP contribution is 2.39. The number of aromatic nitrogens is 2. The number of hydrogen-bond acceptors (Lipinski definition) is 3. The van der Waals surface area contributed by atoms with Crippen molar-refractivity contribution in [1.82, 2.24) is 9.55 Å². The monoisotopic (exact) mass is 498 g/mol. The third-order valence-corrected chi connectivity index (χ3v) is 6.99. The van der Waals surface area contributed by atoms with Gasteiger partial charge in [-0.25, -0.2) is 4.98 Å². The molecule has 0 fully saturated rings. The number of fused-ring (bicyclic) bond motifs is 1. The van der Waals surface area contributed by atoms with Crippen LogP contribution in [0, 0.1) is 11.8 Å². The number of imidazole rings is 1. The Kier molecular flexibility index (Phi) is 6.82. The van der Waals surface area contributed by atoms with Crippen molar-refractivity contribution in [3.63, 3.8) is 0 Å². The average Bonchev–Trinajstić information content (AvgIpc) is 3.23. The fourth-order valence-electron chi connectivity index (χ4n) is 4.57. The minimum Gasteiger partial charge on any atom is -0.491 e. The van der Waals surface area contributed by atoms with Gasteiger partial charge in [-0.2, -0.15) is 13.2 Å². The molecule has 0 aliphatic heterocycles. The Hall–Kier alpha value is -3.06. The van der Waals surface area contributed by atoms with Gasteiger partial charge in [0, 0.05) is 5.92 Å². The number of aliphatic hydroxyl groups is 1. The summed E-state index contributed by atoms with van der Waals surface area (Å²) in [4.78, 5) is 4.62. The van der Waals surface area contributed by atoms with E-state index in [1.807, 2.05) is 63.5 Å². The molecule has 2 aliphatic carbocycles. The van der Waals surface area contributed by atoms with E-state index in [1.165, 1.54) is 12.2 Å². The first-order valence-electron chi connectivity index (χ1n) is 12.2. The molecule has 4 unspecified atom stereocenters. The number of hydrogen-bond donors (Lipinski definition) is 1. The lowest BCUT2D eigenvalue weighted by Gasteiger charge is -2.31. The van der Waals surface area contributed by atoms with Gasteiger partial charge in [0.25, 0.3) is 0 Å². The molecule has 4 nitrogen and oxygen atoms in total. The van der Waals surface area contributed by atoms with Gasteiger partial charge < -0.3 is 14.4 Å². The summed E-state index contributed by atoms with van der Waals surface area (Å²) in [5, 5.41) is 9.97. The van der Waals surface area contributed by atoms with Crippen LogP contribution in [-0.2, 0) is 10.3 Å². The van der Waals surface area contributed by atoms with Gasteiger partial charge in [0.15, 0.2) is 5.60 Å². The lowest BCUT2D eigenvalue weighted by Crippen LogP contribution is -2.44. The highest BCUT2D eigenvalue weighted by atomic mass is 19.4. The first-order chi connectivity index (χ1) is 16.8. The van der Waals surface area contributed by atoms with Crippen LogP contribution in [0.15, 0.2) is 78.4 Å². The van der Waals surface area contributed by atoms with Gasteiger partial charge in [-0.3, -0.25) is 0 Å². The van der Waals surface area contributed by atoms with Crippen LogP contribution in [0.2, 0.25) is 0 Å². The van der Waals surface area contributed by atoms with E-state index >= 15 is 0 Å². The fourth-order valence-corrected chi connectivity index (χ4v) is 4.57. The second-order valence-corrected chi connectivity index (χ2v) is 10.4. The molecule has 0 bridgehead atoms. The van der Waals surface area contributed by atoms with Gasteiger partial charge in [0.1, 0.15) is 5.76 Å². The van der Waals surface area contributed by atoms with E-state index in [-0.39, 0.29) is 29.1 Å². The molecule has 192 valence electrons. The van der Waals surface area contributed by atoms with Crippen molar-refractivity contribution in [3.8, 4) is 0 Å². The summed E-state index contributed by atoms with van der Waals surface area (Å²) in [7, 11) is 0. The van der Waals surface area contributed by atoms with Gasteiger partial charge in [-0.05, 0) is 75.5 Å². The largest absolute Gasteiger partial charge is 0.491 e. The summed E-state index contributed by atoms with van der Waals surface area (Å²) in [5.41, 5.74) is -0.382. The fraction of sp³-hybridized carbons (Fsp3) is 0.414. The van der Waals surface area contributed by atoms with Crippen LogP contribution >= 0.6 is 0 Å². The van der Waals surface area contributed by atoms with Crippen molar-refractivity contribution in [2.75, 3.05) is 0 Å². The Morgan fingerprint density at radius 1 is 1.25 bits per heavy atom. The molecule has 2 aliphatic rings. The molecule has 4 rings (SSSR count). The molecule has 1 heterocycles. The second-order valence-electron chi connectivity index (χ2n) is 10.4. The normalized spacial score (nSPS) is 26.4. The third-order valence-electron chi connectivity index (χ3n) is 6.99. The Labute approximate surface area is 210 Å². The van der Waals surface area contributed by atoms with Crippen molar-refractivity contribution < 1.29 is 23.0 Å². The van der Waals surface area contributed by atoms with Crippen molar-refractivity contribution in [2.45, 2.75) is 64.5 Å². The zero-order valence-corrected chi connectivity index (χ0v) is 21.3. The molecule has 0 spiro atoms. The van der Waals surface area contributed by atoms with Crippen LogP contribution in [0.4, 0.5) is 13.2 Å². The molecule has 2 aromatic rings. The minimum absolute atomic E-state index is 0.0774. The number of ether oxygens (including phenoxy) is 1. The van der Waals surface area contributed by atoms with E-state index in [0.717, 1.165) is 35.7 Å². The van der Waals surface area contributed by atoms with Crippen molar-refractivity contribution in [1.29, 1.82) is 0 Å². The van der Waals surface area contributed by atoms with Crippen LogP contribution in [0.25, 0.3) is 17.1 Å². The van der Waals surface area contributed by atoms with E-state index in [0.29, 0.717) is 0 Å². The quantitative estimate of drug-likeness (QED) is 0.462. The Balaban J connectivity index is 1.49. The van der Waals surface area contributed by atoms with Crippen LogP contribution in [-0.4, -0.2) is 32.5 Å². The lowest BCUT2D eigenvalue weighted by molar-refractivity contribution is -0.235. The number of rotatable bonds is 6. The summed E-state index contributed by atoms with van der Waals surface area (Å²) in [5.74, 6) is 0.620. The summed E-state index contributed by atoms with van der Waals surface area (Å²) in [6, 6.07) is 6.07. The molecule has 1 aromatic carbocycles. The lowest BCUT2D eigenvalue weighted by atomic mass is 9.81. The predicted molar refractivity (Wildman–Crippen MR) is 137 cm³/mol. The molecule has 0 saturated heterocycles. The number of halogens is 3. The van der Waals surface area contributed by atoms with Crippen LogP contribution in [0.5, 0.6) is 0 Å². The maximum atomic E-state index is 13.2. The molecule has 0 saturated carbocycles. The molecule has 7 heteroatoms. The van der Waals surface area contributed by atoms with Gasteiger partial charge in [-0.15, -0.1) is 0 Å². The summed E-state index contributed by atoms with van der Waals surface area (Å²) in [6.45, 7) is 8.82. The highest BCUT2D eigenvalue weighted by molar-refractivity contribution is 5.79. The molecule has 1 N–H and O–H groups in total. The van der Waals surface area contributed by atoms with Gasteiger partial charge in [-0.1, -0.05) is 49.4 Å². The van der Waals surface area contributed by atoms with E-state index < -0.39 is 11.8 Å². The maximum Gasteiger partial charge on any atom is 0.421 e. The number of alkyl halides is 3. The molecule has 0 radical (unpaired) electrons. The molecule has 0 amide bonds. The first-order valence-corrected chi connectivity index (χ1v) is 12.2. The van der Waals surface area contributed by atoms with Gasteiger partial charge >= 0.3 is 6.18 Å². The van der Waals surface area contributed by atoms with E-state index in [2.05, 4.69) is 28.6 Å². The van der Waals surface area contributed by atoms with Crippen molar-refractivity contribution in [2.24, 2.45) is 11.8 Å². The SMILES string of the molecule is CC(C)OC1=CCC(C)(n2cnc3cc(/C=C\C4C=CC(C(C)(O)C(F)(F)F)=CC4C)ccc32)C=C1. The number of allylic oxidation sites excluding steroid dienone is 6.